The van der Waals surface area contributed by atoms with Crippen LogP contribution in [-0.4, -0.2) is 24.0 Å². The van der Waals surface area contributed by atoms with Crippen molar-refractivity contribution in [3.8, 4) is 11.5 Å². The summed E-state index contributed by atoms with van der Waals surface area (Å²) in [6, 6.07) is 10.0. The molecule has 0 aliphatic heterocycles. The molecule has 0 bridgehead atoms. The second kappa shape index (κ2) is 9.31. The fraction of sp³-hybridized carbons (Fsp3) is 0.0500. The number of carbonyl (C=O) groups is 2. The standard InChI is InChI=1S/C20H15BrF2N4O3/c1-24-19(28)18-17(3-2-8-25-18)30-12-5-7-15(14(23)10-12)26-20(29)27-16-9-11(21)4-6-13(16)22/h2-10H,1H3,(H,24,28)(H2,26,27,29). The predicted molar refractivity (Wildman–Crippen MR) is 111 cm³/mol. The van der Waals surface area contributed by atoms with Gasteiger partial charge in [-0.2, -0.15) is 0 Å². The minimum absolute atomic E-state index is 0.0398. The predicted octanol–water partition coefficient (Wildman–Crippen LogP) is 4.92. The van der Waals surface area contributed by atoms with Gasteiger partial charge < -0.3 is 20.7 Å². The molecule has 0 saturated carbocycles. The molecule has 3 rings (SSSR count). The molecule has 1 aromatic heterocycles. The van der Waals surface area contributed by atoms with E-state index in [1.165, 1.54) is 49.6 Å². The van der Waals surface area contributed by atoms with Gasteiger partial charge in [0.15, 0.2) is 11.4 Å². The number of aromatic nitrogens is 1. The lowest BCUT2D eigenvalue weighted by Gasteiger charge is -2.12. The van der Waals surface area contributed by atoms with Gasteiger partial charge in [-0.1, -0.05) is 15.9 Å². The van der Waals surface area contributed by atoms with Gasteiger partial charge in [0.25, 0.3) is 5.91 Å². The third-order valence-corrected chi connectivity index (χ3v) is 4.30. The number of rotatable bonds is 5. The number of amides is 3. The molecule has 7 nitrogen and oxygen atoms in total. The molecule has 3 aromatic rings. The van der Waals surface area contributed by atoms with Crippen molar-refractivity contribution in [3.63, 3.8) is 0 Å². The summed E-state index contributed by atoms with van der Waals surface area (Å²) in [6.45, 7) is 0. The van der Waals surface area contributed by atoms with Crippen LogP contribution in [0.3, 0.4) is 0 Å². The molecule has 0 atom stereocenters. The molecule has 154 valence electrons. The highest BCUT2D eigenvalue weighted by Gasteiger charge is 2.15. The van der Waals surface area contributed by atoms with Crippen molar-refractivity contribution in [2.24, 2.45) is 0 Å². The van der Waals surface area contributed by atoms with Gasteiger partial charge in [-0.3, -0.25) is 4.79 Å². The van der Waals surface area contributed by atoms with Crippen LogP contribution in [0.1, 0.15) is 10.5 Å². The quantitative estimate of drug-likeness (QED) is 0.487. The van der Waals surface area contributed by atoms with Crippen molar-refractivity contribution < 1.29 is 23.1 Å². The molecule has 0 spiro atoms. The lowest BCUT2D eigenvalue weighted by atomic mass is 10.2. The van der Waals surface area contributed by atoms with E-state index in [2.05, 4.69) is 36.9 Å². The lowest BCUT2D eigenvalue weighted by Crippen LogP contribution is -2.21. The number of nitrogens with one attached hydrogen (secondary N) is 3. The van der Waals surface area contributed by atoms with Gasteiger partial charge in [0.2, 0.25) is 0 Å². The third kappa shape index (κ3) is 5.09. The number of halogens is 3. The normalized spacial score (nSPS) is 10.3. The first-order valence-electron chi connectivity index (χ1n) is 8.55. The first-order valence-corrected chi connectivity index (χ1v) is 9.34. The van der Waals surface area contributed by atoms with E-state index >= 15 is 0 Å². The summed E-state index contributed by atoms with van der Waals surface area (Å²) in [4.78, 5) is 27.9. The average molecular weight is 477 g/mol. The largest absolute Gasteiger partial charge is 0.455 e. The molecule has 1 heterocycles. The van der Waals surface area contributed by atoms with Gasteiger partial charge in [0.05, 0.1) is 11.4 Å². The van der Waals surface area contributed by atoms with E-state index in [0.717, 1.165) is 6.07 Å². The minimum Gasteiger partial charge on any atom is -0.455 e. The van der Waals surface area contributed by atoms with Crippen molar-refractivity contribution in [1.29, 1.82) is 0 Å². The maximum atomic E-state index is 14.4. The zero-order valence-electron chi connectivity index (χ0n) is 15.5. The molecule has 10 heteroatoms. The number of ether oxygens (including phenoxy) is 1. The van der Waals surface area contributed by atoms with Crippen LogP contribution in [-0.2, 0) is 0 Å². The smallest absolute Gasteiger partial charge is 0.323 e. The highest BCUT2D eigenvalue weighted by atomic mass is 79.9. The van der Waals surface area contributed by atoms with E-state index in [1.807, 2.05) is 0 Å². The maximum absolute atomic E-state index is 14.4. The summed E-state index contributed by atoms with van der Waals surface area (Å²) in [7, 11) is 1.45. The number of benzene rings is 2. The van der Waals surface area contributed by atoms with Gasteiger partial charge in [0, 0.05) is 23.8 Å². The SMILES string of the molecule is CNC(=O)c1ncccc1Oc1ccc(NC(=O)Nc2cc(Br)ccc2F)c(F)c1. The molecule has 3 N–H and O–H groups in total. The number of urea groups is 1. The monoisotopic (exact) mass is 476 g/mol. The fourth-order valence-electron chi connectivity index (χ4n) is 2.42. The van der Waals surface area contributed by atoms with Gasteiger partial charge >= 0.3 is 6.03 Å². The number of hydrogen-bond acceptors (Lipinski definition) is 4. The van der Waals surface area contributed by atoms with Crippen molar-refractivity contribution in [2.45, 2.75) is 0 Å². The van der Waals surface area contributed by atoms with E-state index in [9.17, 15) is 18.4 Å². The molecule has 3 amide bonds. The van der Waals surface area contributed by atoms with Crippen molar-refractivity contribution in [2.75, 3.05) is 17.7 Å². The van der Waals surface area contributed by atoms with Crippen LogP contribution in [0.2, 0.25) is 0 Å². The Bertz CT molecular complexity index is 1110. The lowest BCUT2D eigenvalue weighted by molar-refractivity contribution is 0.0955. The third-order valence-electron chi connectivity index (χ3n) is 3.81. The molecule has 30 heavy (non-hydrogen) atoms. The number of pyridine rings is 1. The maximum Gasteiger partial charge on any atom is 0.323 e. The van der Waals surface area contributed by atoms with E-state index in [-0.39, 0.29) is 28.6 Å². The minimum atomic E-state index is -0.825. The summed E-state index contributed by atoms with van der Waals surface area (Å²) >= 11 is 3.18. The summed E-state index contributed by atoms with van der Waals surface area (Å²) < 4.78 is 34.3. The second-order valence-corrected chi connectivity index (χ2v) is 6.79. The molecule has 0 saturated heterocycles. The number of nitrogens with zero attached hydrogens (tertiary/aromatic N) is 1. The molecule has 0 unspecified atom stereocenters. The summed E-state index contributed by atoms with van der Waals surface area (Å²) in [5.74, 6) is -1.65. The van der Waals surface area contributed by atoms with Crippen molar-refractivity contribution >= 4 is 39.2 Å². The van der Waals surface area contributed by atoms with Gasteiger partial charge in [-0.05, 0) is 42.5 Å². The van der Waals surface area contributed by atoms with Crippen molar-refractivity contribution in [3.05, 3.63) is 76.5 Å². The molecule has 0 radical (unpaired) electrons. The van der Waals surface area contributed by atoms with Gasteiger partial charge in [0.1, 0.15) is 17.4 Å². The zero-order valence-corrected chi connectivity index (χ0v) is 17.1. The number of anilines is 2. The van der Waals surface area contributed by atoms with Crippen LogP contribution >= 0.6 is 15.9 Å². The first-order chi connectivity index (χ1) is 14.4. The first kappa shape index (κ1) is 21.2. The highest BCUT2D eigenvalue weighted by Crippen LogP contribution is 2.27. The summed E-state index contributed by atoms with van der Waals surface area (Å²) in [5, 5.41) is 7.04. The topological polar surface area (TPSA) is 92.3 Å². The van der Waals surface area contributed by atoms with Crippen LogP contribution in [0.15, 0.2) is 59.2 Å². The Balaban J connectivity index is 1.72. The Morgan fingerprint density at radius 3 is 2.50 bits per heavy atom. The zero-order chi connectivity index (χ0) is 21.7. The summed E-state index contributed by atoms with van der Waals surface area (Å²) in [6.07, 6.45) is 1.43. The number of hydrogen-bond donors (Lipinski definition) is 3. The Kier molecular flexibility index (Phi) is 6.58. The molecule has 2 aromatic carbocycles. The Labute approximate surface area is 178 Å². The van der Waals surface area contributed by atoms with E-state index < -0.39 is 23.6 Å². The molecule has 0 aliphatic carbocycles. The van der Waals surface area contributed by atoms with Crippen LogP contribution in [0.4, 0.5) is 25.0 Å². The van der Waals surface area contributed by atoms with Crippen LogP contribution in [0.5, 0.6) is 11.5 Å². The highest BCUT2D eigenvalue weighted by molar-refractivity contribution is 9.10. The Morgan fingerprint density at radius 2 is 1.77 bits per heavy atom. The molecular formula is C20H15BrF2N4O3. The summed E-state index contributed by atoms with van der Waals surface area (Å²) in [5.41, 5.74) is -0.174. The van der Waals surface area contributed by atoms with E-state index in [0.29, 0.717) is 4.47 Å². The van der Waals surface area contributed by atoms with Crippen LogP contribution in [0, 0.1) is 11.6 Å². The molecule has 0 aliphatic rings. The average Bonchev–Trinajstić information content (AvgIpc) is 2.72. The number of carbonyl (C=O) groups excluding carboxylic acids is 2. The molecule has 0 fully saturated rings. The van der Waals surface area contributed by atoms with E-state index in [1.54, 1.807) is 6.07 Å². The van der Waals surface area contributed by atoms with Crippen molar-refractivity contribution in [1.82, 2.24) is 10.3 Å². The Hall–Kier alpha value is -3.53. The van der Waals surface area contributed by atoms with Crippen LogP contribution < -0.4 is 20.7 Å². The van der Waals surface area contributed by atoms with Gasteiger partial charge in [-0.15, -0.1) is 0 Å². The molecular weight excluding hydrogens is 462 g/mol. The van der Waals surface area contributed by atoms with Crippen LogP contribution in [0.25, 0.3) is 0 Å². The van der Waals surface area contributed by atoms with E-state index in [4.69, 9.17) is 4.74 Å². The fourth-order valence-corrected chi connectivity index (χ4v) is 2.78. The van der Waals surface area contributed by atoms with Gasteiger partial charge in [-0.25, -0.2) is 18.6 Å². The Morgan fingerprint density at radius 1 is 1.00 bits per heavy atom. The second-order valence-electron chi connectivity index (χ2n) is 5.88.